The molecule has 1 saturated heterocycles. The van der Waals surface area contributed by atoms with E-state index in [0.29, 0.717) is 6.79 Å². The standard InChI is InChI=1S/C23H25ClN4O2/c1-17-20(23(24)28(25-17)19-5-3-2-4-6-19)15-27-11-9-26(10-12-27)14-18-7-8-21-22(13-18)30-16-29-21/h2-8,13H,9-12,14-16H2,1H3/p+2. The van der Waals surface area contributed by atoms with Crippen molar-refractivity contribution in [2.24, 2.45) is 0 Å². The molecule has 3 heterocycles. The van der Waals surface area contributed by atoms with Crippen LogP contribution in [0.15, 0.2) is 48.5 Å². The molecule has 1 aromatic heterocycles. The first-order chi connectivity index (χ1) is 14.7. The zero-order valence-electron chi connectivity index (χ0n) is 17.2. The van der Waals surface area contributed by atoms with E-state index >= 15 is 0 Å². The molecule has 2 aliphatic rings. The third-order valence-corrected chi connectivity index (χ3v) is 6.49. The van der Waals surface area contributed by atoms with Gasteiger partial charge in [-0.05, 0) is 37.3 Å². The van der Waals surface area contributed by atoms with Crippen molar-refractivity contribution in [2.45, 2.75) is 20.0 Å². The molecule has 0 bridgehead atoms. The van der Waals surface area contributed by atoms with E-state index in [-0.39, 0.29) is 0 Å². The Morgan fingerprint density at radius 1 is 0.933 bits per heavy atom. The zero-order valence-corrected chi connectivity index (χ0v) is 17.9. The highest BCUT2D eigenvalue weighted by molar-refractivity contribution is 6.30. The van der Waals surface area contributed by atoms with Gasteiger partial charge in [0.05, 0.1) is 16.9 Å². The maximum Gasteiger partial charge on any atom is 0.231 e. The summed E-state index contributed by atoms with van der Waals surface area (Å²) in [5, 5.41) is 5.43. The minimum atomic E-state index is 0.330. The second kappa shape index (κ2) is 8.30. The number of aryl methyl sites for hydroxylation is 1. The minimum Gasteiger partial charge on any atom is -0.454 e. The molecule has 0 aliphatic carbocycles. The van der Waals surface area contributed by atoms with Crippen LogP contribution < -0.4 is 19.3 Å². The fraction of sp³-hybridized carbons (Fsp3) is 0.348. The Bertz CT molecular complexity index is 1030. The lowest BCUT2D eigenvalue weighted by Gasteiger charge is -2.29. The van der Waals surface area contributed by atoms with Crippen LogP contribution in [0, 0.1) is 6.92 Å². The second-order valence-corrected chi connectivity index (χ2v) is 8.50. The summed E-state index contributed by atoms with van der Waals surface area (Å²) in [6.07, 6.45) is 0. The fourth-order valence-electron chi connectivity index (χ4n) is 4.37. The van der Waals surface area contributed by atoms with Gasteiger partial charge in [-0.25, -0.2) is 4.68 Å². The Labute approximate surface area is 181 Å². The number of ether oxygens (including phenoxy) is 2. The van der Waals surface area contributed by atoms with E-state index in [1.807, 2.05) is 41.1 Å². The van der Waals surface area contributed by atoms with Crippen molar-refractivity contribution in [2.75, 3.05) is 33.0 Å². The maximum absolute atomic E-state index is 6.73. The van der Waals surface area contributed by atoms with Gasteiger partial charge >= 0.3 is 0 Å². The molecule has 0 radical (unpaired) electrons. The van der Waals surface area contributed by atoms with Crippen molar-refractivity contribution in [1.82, 2.24) is 9.78 Å². The van der Waals surface area contributed by atoms with E-state index in [1.54, 1.807) is 9.80 Å². The van der Waals surface area contributed by atoms with E-state index in [4.69, 9.17) is 21.1 Å². The van der Waals surface area contributed by atoms with Gasteiger partial charge in [0.15, 0.2) is 11.5 Å². The fourth-order valence-corrected chi connectivity index (χ4v) is 4.71. The Morgan fingerprint density at radius 2 is 1.63 bits per heavy atom. The van der Waals surface area contributed by atoms with E-state index < -0.39 is 0 Å². The molecular formula is C23H27ClN4O2+2. The number of halogens is 1. The normalized spacial score (nSPS) is 20.5. The average molecular weight is 427 g/mol. The molecule has 2 aromatic carbocycles. The third-order valence-electron chi connectivity index (χ3n) is 6.10. The molecule has 2 N–H and O–H groups in total. The summed E-state index contributed by atoms with van der Waals surface area (Å²) in [5.74, 6) is 1.73. The van der Waals surface area contributed by atoms with Crippen LogP contribution in [0.25, 0.3) is 5.69 Å². The molecule has 2 aliphatic heterocycles. The van der Waals surface area contributed by atoms with Gasteiger partial charge in [0.2, 0.25) is 6.79 Å². The number of benzene rings is 2. The summed E-state index contributed by atoms with van der Waals surface area (Å²) in [5.41, 5.74) is 4.49. The van der Waals surface area contributed by atoms with E-state index in [2.05, 4.69) is 24.2 Å². The van der Waals surface area contributed by atoms with Crippen molar-refractivity contribution < 1.29 is 19.3 Å². The first-order valence-corrected chi connectivity index (χ1v) is 10.9. The number of piperazine rings is 1. The number of quaternary nitrogens is 2. The Hall–Kier alpha value is -2.54. The predicted molar refractivity (Wildman–Crippen MR) is 115 cm³/mol. The van der Waals surface area contributed by atoms with Crippen molar-refractivity contribution in [3.63, 3.8) is 0 Å². The number of nitrogens with one attached hydrogen (secondary N) is 2. The summed E-state index contributed by atoms with van der Waals surface area (Å²) < 4.78 is 12.8. The van der Waals surface area contributed by atoms with Gasteiger partial charge in [-0.1, -0.05) is 29.8 Å². The lowest BCUT2D eigenvalue weighted by Crippen LogP contribution is -3.27. The largest absolute Gasteiger partial charge is 0.454 e. The lowest BCUT2D eigenvalue weighted by atomic mass is 10.1. The molecular weight excluding hydrogens is 400 g/mol. The molecule has 0 atom stereocenters. The predicted octanol–water partition coefficient (Wildman–Crippen LogP) is 1.05. The molecule has 0 amide bonds. The highest BCUT2D eigenvalue weighted by atomic mass is 35.5. The number of para-hydroxylation sites is 1. The Morgan fingerprint density at radius 3 is 2.40 bits per heavy atom. The van der Waals surface area contributed by atoms with Gasteiger partial charge < -0.3 is 19.3 Å². The average Bonchev–Trinajstić information content (AvgIpc) is 3.35. The van der Waals surface area contributed by atoms with Crippen LogP contribution in [-0.4, -0.2) is 42.8 Å². The molecule has 5 rings (SSSR count). The smallest absolute Gasteiger partial charge is 0.231 e. The van der Waals surface area contributed by atoms with Crippen LogP contribution in [0.3, 0.4) is 0 Å². The highest BCUT2D eigenvalue weighted by Crippen LogP contribution is 2.32. The van der Waals surface area contributed by atoms with Crippen LogP contribution in [0.1, 0.15) is 16.8 Å². The number of nitrogens with zero attached hydrogens (tertiary/aromatic N) is 2. The molecule has 1 fully saturated rings. The molecule has 6 nitrogen and oxygen atoms in total. The van der Waals surface area contributed by atoms with Crippen LogP contribution >= 0.6 is 11.6 Å². The molecule has 3 aromatic rings. The van der Waals surface area contributed by atoms with E-state index in [9.17, 15) is 0 Å². The second-order valence-electron chi connectivity index (χ2n) is 8.14. The number of fused-ring (bicyclic) bond motifs is 1. The van der Waals surface area contributed by atoms with Crippen LogP contribution in [0.2, 0.25) is 5.15 Å². The summed E-state index contributed by atoms with van der Waals surface area (Å²) in [6, 6.07) is 16.4. The topological polar surface area (TPSA) is 45.2 Å². The molecule has 0 spiro atoms. The number of hydrogen-bond donors (Lipinski definition) is 2. The van der Waals surface area contributed by atoms with Crippen LogP contribution in [-0.2, 0) is 13.1 Å². The molecule has 0 saturated carbocycles. The minimum absolute atomic E-state index is 0.330. The lowest BCUT2D eigenvalue weighted by molar-refractivity contribution is -1.02. The quantitative estimate of drug-likeness (QED) is 0.641. The molecule has 0 unspecified atom stereocenters. The summed E-state index contributed by atoms with van der Waals surface area (Å²) in [7, 11) is 0. The van der Waals surface area contributed by atoms with Crippen LogP contribution in [0.5, 0.6) is 11.5 Å². The van der Waals surface area contributed by atoms with Gasteiger partial charge in [-0.3, -0.25) is 0 Å². The van der Waals surface area contributed by atoms with E-state index in [0.717, 1.165) is 72.9 Å². The Kier molecular flexibility index (Phi) is 5.37. The van der Waals surface area contributed by atoms with Gasteiger partial charge in [-0.2, -0.15) is 5.10 Å². The summed E-state index contributed by atoms with van der Waals surface area (Å²) in [4.78, 5) is 3.18. The summed E-state index contributed by atoms with van der Waals surface area (Å²) in [6.45, 7) is 8.89. The van der Waals surface area contributed by atoms with Crippen molar-refractivity contribution in [3.05, 3.63) is 70.5 Å². The SMILES string of the molecule is Cc1nn(-c2ccccc2)c(Cl)c1C[NH+]1CC[NH+](Cc2ccc3c(c2)OCO3)CC1. The molecule has 30 heavy (non-hydrogen) atoms. The third kappa shape index (κ3) is 3.90. The number of rotatable bonds is 5. The molecule has 7 heteroatoms. The van der Waals surface area contributed by atoms with Gasteiger partial charge in [0.1, 0.15) is 44.4 Å². The van der Waals surface area contributed by atoms with Gasteiger partial charge in [0.25, 0.3) is 0 Å². The molecule has 156 valence electrons. The van der Waals surface area contributed by atoms with Crippen molar-refractivity contribution >= 4 is 11.6 Å². The number of aromatic nitrogens is 2. The summed E-state index contributed by atoms with van der Waals surface area (Å²) >= 11 is 6.73. The van der Waals surface area contributed by atoms with E-state index in [1.165, 1.54) is 5.56 Å². The Balaban J connectivity index is 1.20. The number of hydrogen-bond acceptors (Lipinski definition) is 3. The van der Waals surface area contributed by atoms with Gasteiger partial charge in [0, 0.05) is 5.56 Å². The zero-order chi connectivity index (χ0) is 20.5. The monoisotopic (exact) mass is 426 g/mol. The highest BCUT2D eigenvalue weighted by Gasteiger charge is 2.26. The maximum atomic E-state index is 6.73. The van der Waals surface area contributed by atoms with Crippen molar-refractivity contribution in [1.29, 1.82) is 0 Å². The first kappa shape index (κ1) is 19.4. The first-order valence-electron chi connectivity index (χ1n) is 10.5. The van der Waals surface area contributed by atoms with Crippen molar-refractivity contribution in [3.8, 4) is 17.2 Å². The van der Waals surface area contributed by atoms with Gasteiger partial charge in [-0.15, -0.1) is 0 Å². The van der Waals surface area contributed by atoms with Crippen LogP contribution in [0.4, 0.5) is 0 Å².